The molecule has 3 aromatic carbocycles. The van der Waals surface area contributed by atoms with Crippen molar-refractivity contribution in [2.24, 2.45) is 0 Å². The van der Waals surface area contributed by atoms with Crippen molar-refractivity contribution in [3.05, 3.63) is 108 Å². The van der Waals surface area contributed by atoms with Crippen LogP contribution in [0.3, 0.4) is 0 Å². The predicted molar refractivity (Wildman–Crippen MR) is 135 cm³/mol. The van der Waals surface area contributed by atoms with Crippen LogP contribution in [0.2, 0.25) is 0 Å². The van der Waals surface area contributed by atoms with E-state index in [2.05, 4.69) is 0 Å². The number of benzene rings is 3. The van der Waals surface area contributed by atoms with E-state index in [9.17, 15) is 5.11 Å². The first-order chi connectivity index (χ1) is 17.3. The summed E-state index contributed by atoms with van der Waals surface area (Å²) in [4.78, 5) is 0. The minimum atomic E-state index is -1.65. The van der Waals surface area contributed by atoms with Gasteiger partial charge in [-0.1, -0.05) is 91.0 Å². The zero-order chi connectivity index (χ0) is 25.2. The zero-order valence-corrected chi connectivity index (χ0v) is 21.0. The lowest BCUT2D eigenvalue weighted by atomic mass is 9.82. The van der Waals surface area contributed by atoms with Crippen molar-refractivity contribution < 1.29 is 28.8 Å². The maximum Gasteiger partial charge on any atom is 0.193 e. The number of hydrogen-bond acceptors (Lipinski definition) is 6. The molecule has 0 radical (unpaired) electrons. The average Bonchev–Trinajstić information content (AvgIpc) is 3.36. The highest BCUT2D eigenvalue weighted by atomic mass is 16.8. The summed E-state index contributed by atoms with van der Waals surface area (Å²) in [5.41, 5.74) is 1.67. The molecule has 1 unspecified atom stereocenters. The Hall–Kier alpha value is -2.58. The fourth-order valence-electron chi connectivity index (χ4n) is 5.19. The molecule has 2 aliphatic heterocycles. The molecular formula is C30H34O6. The van der Waals surface area contributed by atoms with Gasteiger partial charge in [-0.3, -0.25) is 0 Å². The Balaban J connectivity index is 1.56. The van der Waals surface area contributed by atoms with E-state index in [1.165, 1.54) is 0 Å². The molecule has 0 aliphatic carbocycles. The van der Waals surface area contributed by atoms with Crippen LogP contribution in [0.15, 0.2) is 91.0 Å². The molecule has 2 aliphatic rings. The van der Waals surface area contributed by atoms with Crippen molar-refractivity contribution in [1.29, 1.82) is 0 Å². The highest BCUT2D eigenvalue weighted by molar-refractivity contribution is 5.31. The van der Waals surface area contributed by atoms with Gasteiger partial charge in [-0.25, -0.2) is 0 Å². The maximum absolute atomic E-state index is 11.7. The lowest BCUT2D eigenvalue weighted by Crippen LogP contribution is -2.52. The molecule has 1 N–H and O–H groups in total. The first kappa shape index (κ1) is 25.1. The molecule has 2 saturated heterocycles. The predicted octanol–water partition coefficient (Wildman–Crippen LogP) is 4.94. The Kier molecular flexibility index (Phi) is 7.01. The van der Waals surface area contributed by atoms with Crippen LogP contribution in [0.1, 0.15) is 37.5 Å². The van der Waals surface area contributed by atoms with E-state index in [1.807, 2.05) is 105 Å². The van der Waals surface area contributed by atoms with Crippen molar-refractivity contribution in [2.45, 2.75) is 69.5 Å². The summed E-state index contributed by atoms with van der Waals surface area (Å²) in [6.45, 7) is 6.29. The van der Waals surface area contributed by atoms with Crippen LogP contribution in [0.5, 0.6) is 0 Å². The summed E-state index contributed by atoms with van der Waals surface area (Å²) in [6.07, 6.45) is -2.03. The highest BCUT2D eigenvalue weighted by Crippen LogP contribution is 2.52. The molecule has 6 heteroatoms. The third-order valence-corrected chi connectivity index (χ3v) is 6.86. The summed E-state index contributed by atoms with van der Waals surface area (Å²) >= 11 is 0. The summed E-state index contributed by atoms with van der Waals surface area (Å²) < 4.78 is 32.0. The Bertz CT molecular complexity index is 1120. The van der Waals surface area contributed by atoms with E-state index in [-0.39, 0.29) is 6.61 Å². The van der Waals surface area contributed by atoms with Crippen molar-refractivity contribution in [2.75, 3.05) is 6.61 Å². The second kappa shape index (κ2) is 10.1. The van der Waals surface area contributed by atoms with Gasteiger partial charge in [0, 0.05) is 0 Å². The lowest BCUT2D eigenvalue weighted by Gasteiger charge is -2.39. The molecule has 0 amide bonds. The summed E-state index contributed by atoms with van der Waals surface area (Å²) in [7, 11) is 0. The SMILES string of the molecule is CC1(C)OC[C@H]([C@]2(c3ccccc3)OC(C)(O)[C@H](OCc3ccccc3)[C@H]2OCc2ccccc2)O1. The van der Waals surface area contributed by atoms with Crippen LogP contribution >= 0.6 is 0 Å². The van der Waals surface area contributed by atoms with Crippen LogP contribution < -0.4 is 0 Å². The Morgan fingerprint density at radius 3 is 1.75 bits per heavy atom. The Morgan fingerprint density at radius 1 is 0.750 bits per heavy atom. The second-order valence-corrected chi connectivity index (χ2v) is 10.1. The zero-order valence-electron chi connectivity index (χ0n) is 21.0. The number of aliphatic hydroxyl groups is 1. The van der Waals surface area contributed by atoms with Crippen molar-refractivity contribution in [3.8, 4) is 0 Å². The molecule has 6 nitrogen and oxygen atoms in total. The Labute approximate surface area is 212 Å². The molecule has 2 heterocycles. The highest BCUT2D eigenvalue weighted by Gasteiger charge is 2.67. The maximum atomic E-state index is 11.7. The molecule has 0 bridgehead atoms. The van der Waals surface area contributed by atoms with E-state index < -0.39 is 35.5 Å². The minimum absolute atomic E-state index is 0.286. The Morgan fingerprint density at radius 2 is 1.25 bits per heavy atom. The van der Waals surface area contributed by atoms with Crippen LogP contribution in [0.4, 0.5) is 0 Å². The molecule has 0 saturated carbocycles. The minimum Gasteiger partial charge on any atom is -0.367 e. The van der Waals surface area contributed by atoms with Gasteiger partial charge in [-0.05, 0) is 37.5 Å². The summed E-state index contributed by atoms with van der Waals surface area (Å²) in [6, 6.07) is 29.6. The van der Waals surface area contributed by atoms with Gasteiger partial charge in [-0.15, -0.1) is 0 Å². The molecule has 5 rings (SSSR count). The molecule has 36 heavy (non-hydrogen) atoms. The summed E-state index contributed by atoms with van der Waals surface area (Å²) in [5.74, 6) is -2.45. The van der Waals surface area contributed by atoms with Crippen LogP contribution in [-0.4, -0.2) is 41.6 Å². The molecule has 2 fully saturated rings. The molecular weight excluding hydrogens is 456 g/mol. The number of ether oxygens (including phenoxy) is 5. The van der Waals surface area contributed by atoms with Crippen molar-refractivity contribution in [1.82, 2.24) is 0 Å². The average molecular weight is 491 g/mol. The van der Waals surface area contributed by atoms with Gasteiger partial charge in [0.2, 0.25) is 0 Å². The van der Waals surface area contributed by atoms with Crippen LogP contribution in [0, 0.1) is 0 Å². The standard InChI is InChI=1S/C30H34O6/c1-28(2)34-21-25(35-28)30(24-17-11-6-12-18-24)27(33-20-23-15-9-5-10-16-23)26(29(3,31)36-30)32-19-22-13-7-4-8-14-22/h4-18,25-27,31H,19-21H2,1-3H3/t25-,26-,27-,29?,30+/m1/s1. The molecule has 0 aromatic heterocycles. The van der Waals surface area contributed by atoms with Crippen molar-refractivity contribution in [3.63, 3.8) is 0 Å². The molecule has 190 valence electrons. The van der Waals surface area contributed by atoms with E-state index >= 15 is 0 Å². The van der Waals surface area contributed by atoms with Gasteiger partial charge < -0.3 is 28.8 Å². The smallest absolute Gasteiger partial charge is 0.193 e. The third kappa shape index (κ3) is 4.98. The van der Waals surface area contributed by atoms with Crippen LogP contribution in [0.25, 0.3) is 0 Å². The summed E-state index contributed by atoms with van der Waals surface area (Å²) in [5, 5.41) is 11.7. The number of rotatable bonds is 8. The fraction of sp³-hybridized carbons (Fsp3) is 0.400. The fourth-order valence-corrected chi connectivity index (χ4v) is 5.19. The first-order valence-electron chi connectivity index (χ1n) is 12.4. The van der Waals surface area contributed by atoms with Gasteiger partial charge in [0.1, 0.15) is 18.3 Å². The van der Waals surface area contributed by atoms with Gasteiger partial charge in [0.15, 0.2) is 17.2 Å². The van der Waals surface area contributed by atoms with Gasteiger partial charge >= 0.3 is 0 Å². The van der Waals surface area contributed by atoms with Gasteiger partial charge in [-0.2, -0.15) is 0 Å². The van der Waals surface area contributed by atoms with Gasteiger partial charge in [0.25, 0.3) is 0 Å². The van der Waals surface area contributed by atoms with Gasteiger partial charge in [0.05, 0.1) is 19.8 Å². The normalized spacial score (nSPS) is 31.5. The van der Waals surface area contributed by atoms with E-state index in [4.69, 9.17) is 23.7 Å². The van der Waals surface area contributed by atoms with Crippen molar-refractivity contribution >= 4 is 0 Å². The second-order valence-electron chi connectivity index (χ2n) is 10.1. The molecule has 5 atom stereocenters. The number of hydrogen-bond donors (Lipinski definition) is 1. The van der Waals surface area contributed by atoms with E-state index in [0.717, 1.165) is 16.7 Å². The monoisotopic (exact) mass is 490 g/mol. The largest absolute Gasteiger partial charge is 0.367 e. The lowest BCUT2D eigenvalue weighted by molar-refractivity contribution is -0.273. The topological polar surface area (TPSA) is 66.4 Å². The van der Waals surface area contributed by atoms with E-state index in [0.29, 0.717) is 13.2 Å². The third-order valence-electron chi connectivity index (χ3n) is 6.86. The quantitative estimate of drug-likeness (QED) is 0.482. The first-order valence-corrected chi connectivity index (χ1v) is 12.4. The van der Waals surface area contributed by atoms with Crippen LogP contribution in [-0.2, 0) is 42.5 Å². The van der Waals surface area contributed by atoms with E-state index in [1.54, 1.807) is 6.92 Å². The molecule has 3 aromatic rings. The molecule has 0 spiro atoms.